The van der Waals surface area contributed by atoms with E-state index in [1.54, 1.807) is 6.07 Å². The van der Waals surface area contributed by atoms with Gasteiger partial charge in [0, 0.05) is 11.3 Å². The molecule has 1 unspecified atom stereocenters. The molecule has 1 atom stereocenters. The molecular formula is C15H14F4N2O4. The summed E-state index contributed by atoms with van der Waals surface area (Å²) in [6.07, 6.45) is -5.08. The number of hydrogen-bond donors (Lipinski definition) is 3. The minimum atomic E-state index is -5.08. The molecule has 0 saturated heterocycles. The smallest absolute Gasteiger partial charge is 0.475 e. The molecule has 0 aliphatic carbocycles. The first-order valence-corrected chi connectivity index (χ1v) is 7.04. The van der Waals surface area contributed by atoms with Gasteiger partial charge in [0.15, 0.2) is 0 Å². The van der Waals surface area contributed by atoms with Crippen LogP contribution in [-0.4, -0.2) is 35.9 Å². The average Bonchev–Trinajstić information content (AvgIpc) is 2.54. The van der Waals surface area contributed by atoms with E-state index in [0.717, 1.165) is 16.6 Å². The number of carboxylic acids is 1. The third kappa shape index (κ3) is 4.15. The maximum Gasteiger partial charge on any atom is 0.490 e. The number of halogens is 4. The van der Waals surface area contributed by atoms with Crippen LogP contribution in [0.3, 0.4) is 0 Å². The van der Waals surface area contributed by atoms with E-state index in [4.69, 9.17) is 14.6 Å². The van der Waals surface area contributed by atoms with Gasteiger partial charge in [0.2, 0.25) is 0 Å². The minimum Gasteiger partial charge on any atom is -0.475 e. The minimum absolute atomic E-state index is 0.0126. The van der Waals surface area contributed by atoms with E-state index in [2.05, 4.69) is 10.3 Å². The molecule has 0 fully saturated rings. The molecule has 0 bridgehead atoms. The first kappa shape index (κ1) is 18.9. The van der Waals surface area contributed by atoms with E-state index in [1.807, 2.05) is 7.05 Å². The molecule has 3 N–H and O–H groups in total. The van der Waals surface area contributed by atoms with Crippen LogP contribution in [-0.2, 0) is 16.1 Å². The monoisotopic (exact) mass is 362 g/mol. The summed E-state index contributed by atoms with van der Waals surface area (Å²) >= 11 is 0. The van der Waals surface area contributed by atoms with Gasteiger partial charge in [-0.3, -0.25) is 4.79 Å². The average molecular weight is 362 g/mol. The van der Waals surface area contributed by atoms with Crippen molar-refractivity contribution in [2.75, 3.05) is 13.7 Å². The van der Waals surface area contributed by atoms with Crippen molar-refractivity contribution in [1.29, 1.82) is 0 Å². The van der Waals surface area contributed by atoms with Gasteiger partial charge in [-0.25, -0.2) is 9.18 Å². The van der Waals surface area contributed by atoms with Crippen molar-refractivity contribution < 1.29 is 32.2 Å². The molecule has 10 heteroatoms. The van der Waals surface area contributed by atoms with Crippen LogP contribution in [0.2, 0.25) is 0 Å². The van der Waals surface area contributed by atoms with Crippen molar-refractivity contribution in [1.82, 2.24) is 10.3 Å². The molecule has 1 aromatic carbocycles. The van der Waals surface area contributed by atoms with Crippen molar-refractivity contribution in [3.8, 4) is 0 Å². The highest BCUT2D eigenvalue weighted by Gasteiger charge is 2.38. The second-order valence-corrected chi connectivity index (χ2v) is 5.20. The Morgan fingerprint density at radius 3 is 2.56 bits per heavy atom. The molecule has 0 spiro atoms. The fraction of sp³-hybridized carbons (Fsp3) is 0.333. The predicted molar refractivity (Wildman–Crippen MR) is 79.7 cm³/mol. The van der Waals surface area contributed by atoms with E-state index in [-0.39, 0.29) is 11.6 Å². The number of hydrogen-bond acceptors (Lipinski definition) is 4. The lowest BCUT2D eigenvalue weighted by molar-refractivity contribution is -0.192. The highest BCUT2D eigenvalue weighted by atomic mass is 19.4. The van der Waals surface area contributed by atoms with E-state index in [1.165, 1.54) is 12.1 Å². The zero-order chi connectivity index (χ0) is 18.8. The number of aromatic nitrogens is 1. The molecule has 0 amide bonds. The van der Waals surface area contributed by atoms with Crippen LogP contribution >= 0.6 is 0 Å². The molecule has 25 heavy (non-hydrogen) atoms. The summed E-state index contributed by atoms with van der Waals surface area (Å²) < 4.78 is 50.4. The van der Waals surface area contributed by atoms with Gasteiger partial charge < -0.3 is 20.1 Å². The summed E-state index contributed by atoms with van der Waals surface area (Å²) in [7, 11) is 1.84. The molecule has 2 aromatic rings. The summed E-state index contributed by atoms with van der Waals surface area (Å²) in [6, 6.07) is 4.33. The van der Waals surface area contributed by atoms with Gasteiger partial charge in [-0.05, 0) is 24.6 Å². The number of pyridine rings is 1. The highest BCUT2D eigenvalue weighted by Crippen LogP contribution is 2.29. The lowest BCUT2D eigenvalue weighted by Crippen LogP contribution is -2.30. The van der Waals surface area contributed by atoms with Crippen LogP contribution in [0.4, 0.5) is 17.6 Å². The molecule has 136 valence electrons. The second-order valence-electron chi connectivity index (χ2n) is 5.20. The normalized spacial score (nSPS) is 16.8. The maximum absolute atomic E-state index is 13.2. The summed E-state index contributed by atoms with van der Waals surface area (Å²) in [5.41, 5.74) is 1.49. The predicted octanol–water partition coefficient (Wildman–Crippen LogP) is 2.09. The van der Waals surface area contributed by atoms with Crippen LogP contribution in [0.5, 0.6) is 0 Å². The van der Waals surface area contributed by atoms with Crippen molar-refractivity contribution in [3.05, 3.63) is 45.6 Å². The molecule has 0 saturated carbocycles. The largest absolute Gasteiger partial charge is 0.490 e. The van der Waals surface area contributed by atoms with E-state index in [0.29, 0.717) is 18.6 Å². The van der Waals surface area contributed by atoms with Crippen LogP contribution in [0, 0.1) is 5.82 Å². The van der Waals surface area contributed by atoms with E-state index < -0.39 is 18.0 Å². The number of aliphatic carboxylic acids is 1. The molecule has 2 heterocycles. The number of rotatable bonds is 1. The number of carboxylic acid groups (broad SMARTS) is 1. The molecule has 0 radical (unpaired) electrons. The number of alkyl halides is 3. The Morgan fingerprint density at radius 1 is 1.36 bits per heavy atom. The van der Waals surface area contributed by atoms with Gasteiger partial charge in [0.25, 0.3) is 5.56 Å². The van der Waals surface area contributed by atoms with Crippen LogP contribution < -0.4 is 10.9 Å². The Kier molecular flexibility index (Phi) is 5.43. The Hall–Kier alpha value is -2.46. The SMILES string of the molecule is CNC1COCc2[nH]c(=O)c3cc(F)ccc3c21.O=C(O)C(F)(F)F. The molecular weight excluding hydrogens is 348 g/mol. The van der Waals surface area contributed by atoms with Gasteiger partial charge in [-0.1, -0.05) is 6.07 Å². The summed E-state index contributed by atoms with van der Waals surface area (Å²) in [5.74, 6) is -3.16. The van der Waals surface area contributed by atoms with Crippen molar-refractivity contribution in [3.63, 3.8) is 0 Å². The van der Waals surface area contributed by atoms with Gasteiger partial charge in [-0.2, -0.15) is 13.2 Å². The van der Waals surface area contributed by atoms with Gasteiger partial charge in [0.05, 0.1) is 24.6 Å². The zero-order valence-corrected chi connectivity index (χ0v) is 12.9. The number of nitrogens with one attached hydrogen (secondary N) is 2. The lowest BCUT2D eigenvalue weighted by atomic mass is 9.97. The molecule has 1 aliphatic rings. The van der Waals surface area contributed by atoms with Gasteiger partial charge in [-0.15, -0.1) is 0 Å². The van der Waals surface area contributed by atoms with Gasteiger partial charge in [0.1, 0.15) is 5.82 Å². The fourth-order valence-corrected chi connectivity index (χ4v) is 2.48. The van der Waals surface area contributed by atoms with Crippen molar-refractivity contribution >= 4 is 16.7 Å². The van der Waals surface area contributed by atoms with Crippen molar-refractivity contribution in [2.45, 2.75) is 18.8 Å². The highest BCUT2D eigenvalue weighted by molar-refractivity contribution is 5.86. The quantitative estimate of drug-likeness (QED) is 0.676. The molecule has 3 rings (SSSR count). The molecule has 1 aliphatic heterocycles. The first-order chi connectivity index (χ1) is 11.6. The van der Waals surface area contributed by atoms with Gasteiger partial charge >= 0.3 is 12.1 Å². The Labute approximate surface area is 138 Å². The Morgan fingerprint density at radius 2 is 2.00 bits per heavy atom. The van der Waals surface area contributed by atoms with Crippen LogP contribution in [0.15, 0.2) is 23.0 Å². The number of H-pyrrole nitrogens is 1. The first-order valence-electron chi connectivity index (χ1n) is 7.04. The summed E-state index contributed by atoms with van der Waals surface area (Å²) in [5, 5.41) is 11.4. The number of fused-ring (bicyclic) bond motifs is 3. The second kappa shape index (κ2) is 7.19. The van der Waals surface area contributed by atoms with Crippen LogP contribution in [0.25, 0.3) is 10.8 Å². The fourth-order valence-electron chi connectivity index (χ4n) is 2.48. The third-order valence-electron chi connectivity index (χ3n) is 3.58. The number of benzene rings is 1. The van der Waals surface area contributed by atoms with E-state index >= 15 is 0 Å². The number of likely N-dealkylation sites (N-methyl/N-ethyl adjacent to an activating group) is 1. The zero-order valence-electron chi connectivity index (χ0n) is 12.9. The standard InChI is InChI=1S/C13H13FN2O2.C2HF3O2/c1-15-10-5-18-6-11-12(10)8-3-2-7(14)4-9(8)13(17)16-11;3-2(4,5)1(6)7/h2-4,10,15H,5-6H2,1H3,(H,16,17);(H,6,7). The number of ether oxygens (including phenoxy) is 1. The topological polar surface area (TPSA) is 91.4 Å². The van der Waals surface area contributed by atoms with Crippen molar-refractivity contribution in [2.24, 2.45) is 0 Å². The summed E-state index contributed by atoms with van der Waals surface area (Å²) in [4.78, 5) is 23.6. The number of carbonyl (C=O) groups is 1. The number of aromatic amines is 1. The van der Waals surface area contributed by atoms with Crippen LogP contribution in [0.1, 0.15) is 17.3 Å². The molecule has 1 aromatic heterocycles. The molecule has 6 nitrogen and oxygen atoms in total. The maximum atomic E-state index is 13.2. The Bertz CT molecular complexity index is 848. The van der Waals surface area contributed by atoms with E-state index in [9.17, 15) is 22.4 Å². The third-order valence-corrected chi connectivity index (χ3v) is 3.58. The summed E-state index contributed by atoms with van der Waals surface area (Å²) in [6.45, 7) is 0.929. The Balaban J connectivity index is 0.000000277. The lowest BCUT2D eigenvalue weighted by Gasteiger charge is -2.26.